The molecule has 0 radical (unpaired) electrons. The zero-order chi connectivity index (χ0) is 14.4. The van der Waals surface area contributed by atoms with Gasteiger partial charge < -0.3 is 5.11 Å². The Balaban J connectivity index is 1.95. The summed E-state index contributed by atoms with van der Waals surface area (Å²) in [7, 11) is 0. The predicted molar refractivity (Wildman–Crippen MR) is 81.3 cm³/mol. The molecule has 0 heterocycles. The first-order valence-electron chi connectivity index (χ1n) is 5.98. The van der Waals surface area contributed by atoms with Gasteiger partial charge in [0.25, 0.3) is 5.91 Å². The van der Waals surface area contributed by atoms with Gasteiger partial charge in [0.1, 0.15) is 0 Å². The van der Waals surface area contributed by atoms with E-state index in [1.165, 1.54) is 6.21 Å². The molecular weight excluding hydrogens is 320 g/mol. The van der Waals surface area contributed by atoms with Crippen LogP contribution in [-0.2, 0) is 4.79 Å². The highest BCUT2D eigenvalue weighted by Gasteiger charge is 2.15. The summed E-state index contributed by atoms with van der Waals surface area (Å²) in [5.74, 6) is -0.567. The number of carbonyl (C=O) groups excluding carboxylic acids is 1. The number of hydrogen-bond donors (Lipinski definition) is 2. The van der Waals surface area contributed by atoms with E-state index in [0.29, 0.717) is 5.56 Å². The van der Waals surface area contributed by atoms with Gasteiger partial charge in [-0.25, -0.2) is 5.43 Å². The first-order chi connectivity index (χ1) is 9.66. The molecule has 1 unspecified atom stereocenters. The van der Waals surface area contributed by atoms with Crippen LogP contribution in [0.2, 0.25) is 0 Å². The molecule has 4 nitrogen and oxygen atoms in total. The molecule has 0 aliphatic heterocycles. The summed E-state index contributed by atoms with van der Waals surface area (Å²) in [6.07, 6.45) is 0.288. The minimum absolute atomic E-state index is 0.530. The van der Waals surface area contributed by atoms with Crippen molar-refractivity contribution in [3.05, 3.63) is 70.2 Å². The molecule has 2 aromatic rings. The number of aliphatic hydroxyl groups excluding tert-OH is 1. The first kappa shape index (κ1) is 14.4. The quantitative estimate of drug-likeness (QED) is 0.667. The maximum absolute atomic E-state index is 11.7. The molecule has 1 amide bonds. The van der Waals surface area contributed by atoms with Crippen molar-refractivity contribution in [3.8, 4) is 0 Å². The van der Waals surface area contributed by atoms with Crippen LogP contribution in [0.3, 0.4) is 0 Å². The molecule has 20 heavy (non-hydrogen) atoms. The molecular formula is C15H13BrN2O2. The van der Waals surface area contributed by atoms with E-state index in [0.717, 1.165) is 10.0 Å². The van der Waals surface area contributed by atoms with Crippen molar-refractivity contribution in [1.29, 1.82) is 0 Å². The Labute approximate surface area is 125 Å². The average molecular weight is 333 g/mol. The maximum Gasteiger partial charge on any atom is 0.273 e. The van der Waals surface area contributed by atoms with Crippen molar-refractivity contribution < 1.29 is 9.90 Å². The molecule has 2 aromatic carbocycles. The van der Waals surface area contributed by atoms with Gasteiger partial charge in [0, 0.05) is 4.47 Å². The molecule has 0 aromatic heterocycles. The van der Waals surface area contributed by atoms with Gasteiger partial charge in [-0.2, -0.15) is 5.10 Å². The van der Waals surface area contributed by atoms with Gasteiger partial charge in [-0.15, -0.1) is 0 Å². The van der Waals surface area contributed by atoms with Crippen molar-refractivity contribution in [2.75, 3.05) is 0 Å². The Hall–Kier alpha value is -1.98. The Morgan fingerprint density at radius 2 is 1.95 bits per heavy atom. The number of amides is 1. The monoisotopic (exact) mass is 332 g/mol. The van der Waals surface area contributed by atoms with Crippen molar-refractivity contribution in [3.63, 3.8) is 0 Å². The summed E-state index contributed by atoms with van der Waals surface area (Å²) in [6.45, 7) is 0. The fraction of sp³-hybridized carbons (Fsp3) is 0.0667. The first-order valence-corrected chi connectivity index (χ1v) is 6.77. The van der Waals surface area contributed by atoms with Crippen LogP contribution in [0.5, 0.6) is 0 Å². The summed E-state index contributed by atoms with van der Waals surface area (Å²) < 4.78 is 0.928. The molecule has 1 atom stereocenters. The van der Waals surface area contributed by atoms with Gasteiger partial charge in [-0.3, -0.25) is 4.79 Å². The second-order valence-corrected chi connectivity index (χ2v) is 5.02. The smallest absolute Gasteiger partial charge is 0.273 e. The van der Waals surface area contributed by atoms with Gasteiger partial charge in [-0.1, -0.05) is 58.4 Å². The van der Waals surface area contributed by atoms with Crippen LogP contribution in [0.25, 0.3) is 0 Å². The van der Waals surface area contributed by atoms with E-state index in [1.807, 2.05) is 30.3 Å². The average Bonchev–Trinajstić information content (AvgIpc) is 2.47. The van der Waals surface area contributed by atoms with E-state index in [2.05, 4.69) is 26.5 Å². The van der Waals surface area contributed by atoms with E-state index in [-0.39, 0.29) is 0 Å². The Bertz CT molecular complexity index is 614. The number of benzene rings is 2. The number of nitrogens with one attached hydrogen (secondary N) is 1. The van der Waals surface area contributed by atoms with Crippen LogP contribution in [0, 0.1) is 0 Å². The zero-order valence-electron chi connectivity index (χ0n) is 10.5. The molecule has 0 fully saturated rings. The van der Waals surface area contributed by atoms with E-state index in [1.54, 1.807) is 24.3 Å². The van der Waals surface area contributed by atoms with Crippen LogP contribution in [-0.4, -0.2) is 17.2 Å². The Kier molecular flexibility index (Phi) is 5.03. The lowest BCUT2D eigenvalue weighted by atomic mass is 10.1. The van der Waals surface area contributed by atoms with Crippen molar-refractivity contribution in [2.45, 2.75) is 6.10 Å². The van der Waals surface area contributed by atoms with E-state index >= 15 is 0 Å². The summed E-state index contributed by atoms with van der Waals surface area (Å²) >= 11 is 3.35. The van der Waals surface area contributed by atoms with Gasteiger partial charge in [-0.05, 0) is 23.3 Å². The molecule has 2 N–H and O–H groups in total. The number of hydrogen-bond acceptors (Lipinski definition) is 3. The molecule has 0 spiro atoms. The minimum atomic E-state index is -1.23. The Morgan fingerprint density at radius 1 is 1.20 bits per heavy atom. The van der Waals surface area contributed by atoms with Gasteiger partial charge in [0.05, 0.1) is 6.21 Å². The number of halogens is 1. The molecule has 102 valence electrons. The lowest BCUT2D eigenvalue weighted by molar-refractivity contribution is -0.129. The predicted octanol–water partition coefficient (Wildman–Crippen LogP) is 2.63. The molecule has 2 rings (SSSR count). The van der Waals surface area contributed by atoms with E-state index in [4.69, 9.17) is 0 Å². The minimum Gasteiger partial charge on any atom is -0.378 e. The highest BCUT2D eigenvalue weighted by molar-refractivity contribution is 9.10. The van der Waals surface area contributed by atoms with Crippen LogP contribution in [0.4, 0.5) is 0 Å². The number of hydrazone groups is 1. The molecule has 0 aliphatic rings. The second kappa shape index (κ2) is 6.98. The van der Waals surface area contributed by atoms with Crippen molar-refractivity contribution in [2.24, 2.45) is 5.10 Å². The number of aliphatic hydroxyl groups is 1. The lowest BCUT2D eigenvalue weighted by Gasteiger charge is -2.08. The number of nitrogens with zero attached hydrogens (tertiary/aromatic N) is 1. The normalized spacial score (nSPS) is 12.3. The third kappa shape index (κ3) is 4.01. The van der Waals surface area contributed by atoms with Gasteiger partial charge in [0.15, 0.2) is 6.10 Å². The van der Waals surface area contributed by atoms with Crippen LogP contribution in [0.1, 0.15) is 17.2 Å². The molecule has 0 aliphatic carbocycles. The largest absolute Gasteiger partial charge is 0.378 e. The van der Waals surface area contributed by atoms with Gasteiger partial charge >= 0.3 is 0 Å². The third-order valence-electron chi connectivity index (χ3n) is 2.60. The summed E-state index contributed by atoms with van der Waals surface area (Å²) in [5.41, 5.74) is 3.69. The van der Waals surface area contributed by atoms with E-state index in [9.17, 15) is 9.90 Å². The fourth-order valence-corrected chi connectivity index (χ4v) is 2.02. The number of carbonyl (C=O) groups is 1. The van der Waals surface area contributed by atoms with Crippen LogP contribution < -0.4 is 5.43 Å². The molecule has 0 saturated heterocycles. The zero-order valence-corrected chi connectivity index (χ0v) is 12.1. The van der Waals surface area contributed by atoms with Crippen LogP contribution >= 0.6 is 15.9 Å². The SMILES string of the molecule is O=C(N/N=C/c1cccc(Br)c1)C(O)c1ccccc1. The molecule has 0 bridgehead atoms. The van der Waals surface area contributed by atoms with Crippen LogP contribution in [0.15, 0.2) is 64.2 Å². The number of rotatable bonds is 4. The van der Waals surface area contributed by atoms with Crippen molar-refractivity contribution >= 4 is 28.1 Å². The summed E-state index contributed by atoms with van der Waals surface area (Å²) in [4.78, 5) is 11.7. The summed E-state index contributed by atoms with van der Waals surface area (Å²) in [5, 5.41) is 13.7. The molecule has 0 saturated carbocycles. The summed E-state index contributed by atoms with van der Waals surface area (Å²) in [6, 6.07) is 16.2. The Morgan fingerprint density at radius 3 is 2.65 bits per heavy atom. The topological polar surface area (TPSA) is 61.7 Å². The third-order valence-corrected chi connectivity index (χ3v) is 3.09. The fourth-order valence-electron chi connectivity index (χ4n) is 1.61. The van der Waals surface area contributed by atoms with Gasteiger partial charge in [0.2, 0.25) is 0 Å². The lowest BCUT2D eigenvalue weighted by Crippen LogP contribution is -2.25. The van der Waals surface area contributed by atoms with E-state index < -0.39 is 12.0 Å². The van der Waals surface area contributed by atoms with Crippen molar-refractivity contribution in [1.82, 2.24) is 5.43 Å². The second-order valence-electron chi connectivity index (χ2n) is 4.10. The maximum atomic E-state index is 11.7. The molecule has 5 heteroatoms. The highest BCUT2D eigenvalue weighted by Crippen LogP contribution is 2.12. The highest BCUT2D eigenvalue weighted by atomic mass is 79.9. The standard InChI is InChI=1S/C15H13BrN2O2/c16-13-8-4-5-11(9-13)10-17-18-15(20)14(19)12-6-2-1-3-7-12/h1-10,14,19H,(H,18,20)/b17-10+.